The summed E-state index contributed by atoms with van der Waals surface area (Å²) in [6.45, 7) is 2.10. The van der Waals surface area contributed by atoms with E-state index in [2.05, 4.69) is 27.8 Å². The molecule has 26 heavy (non-hydrogen) atoms. The van der Waals surface area contributed by atoms with Crippen LogP contribution in [0.4, 0.5) is 5.69 Å². The Hall–Kier alpha value is -2.92. The van der Waals surface area contributed by atoms with Gasteiger partial charge in [0.05, 0.1) is 12.6 Å². The summed E-state index contributed by atoms with van der Waals surface area (Å²) in [6, 6.07) is 17.3. The van der Waals surface area contributed by atoms with E-state index in [-0.39, 0.29) is 5.91 Å². The molecule has 0 spiro atoms. The van der Waals surface area contributed by atoms with Crippen LogP contribution in [0.2, 0.25) is 0 Å². The predicted molar refractivity (Wildman–Crippen MR) is 103 cm³/mol. The van der Waals surface area contributed by atoms with Crippen molar-refractivity contribution >= 4 is 22.5 Å². The number of hydrogen-bond acceptors (Lipinski definition) is 4. The molecule has 3 aromatic rings. The van der Waals surface area contributed by atoms with Crippen LogP contribution in [0.3, 0.4) is 0 Å². The van der Waals surface area contributed by atoms with E-state index in [9.17, 15) is 4.79 Å². The summed E-state index contributed by atoms with van der Waals surface area (Å²) < 4.78 is 5.21. The maximum Gasteiger partial charge on any atom is 0.274 e. The highest BCUT2D eigenvalue weighted by atomic mass is 16.5. The van der Waals surface area contributed by atoms with Gasteiger partial charge in [0.25, 0.3) is 5.91 Å². The van der Waals surface area contributed by atoms with E-state index >= 15 is 0 Å². The van der Waals surface area contributed by atoms with Gasteiger partial charge in [-0.2, -0.15) is 0 Å². The fourth-order valence-corrected chi connectivity index (χ4v) is 3.33. The van der Waals surface area contributed by atoms with E-state index in [1.54, 1.807) is 13.2 Å². The number of ether oxygens (including phenoxy) is 1. The first-order chi connectivity index (χ1) is 12.7. The van der Waals surface area contributed by atoms with Gasteiger partial charge in [-0.3, -0.25) is 4.79 Å². The number of pyridine rings is 1. The maximum atomic E-state index is 12.5. The molecule has 0 radical (unpaired) electrons. The molecule has 4 rings (SSSR count). The first kappa shape index (κ1) is 16.5. The average molecular weight is 347 g/mol. The molecular weight excluding hydrogens is 326 g/mol. The van der Waals surface area contributed by atoms with Crippen molar-refractivity contribution in [3.8, 4) is 5.75 Å². The lowest BCUT2D eigenvalue weighted by Crippen LogP contribution is -2.13. The largest absolute Gasteiger partial charge is 0.497 e. The van der Waals surface area contributed by atoms with Gasteiger partial charge >= 0.3 is 0 Å². The van der Waals surface area contributed by atoms with Crippen LogP contribution in [0.25, 0.3) is 10.9 Å². The Morgan fingerprint density at radius 1 is 1.15 bits per heavy atom. The molecule has 5 nitrogen and oxygen atoms in total. The van der Waals surface area contributed by atoms with Crippen LogP contribution >= 0.6 is 0 Å². The van der Waals surface area contributed by atoms with Crippen molar-refractivity contribution in [1.82, 2.24) is 10.3 Å². The Morgan fingerprint density at radius 2 is 2.00 bits per heavy atom. The number of nitrogens with zero attached hydrogens (tertiary/aromatic N) is 1. The van der Waals surface area contributed by atoms with Gasteiger partial charge in [0.1, 0.15) is 11.4 Å². The minimum atomic E-state index is -0.210. The van der Waals surface area contributed by atoms with E-state index < -0.39 is 0 Å². The molecule has 2 N–H and O–H groups in total. The van der Waals surface area contributed by atoms with Crippen LogP contribution in [0, 0.1) is 0 Å². The first-order valence-electron chi connectivity index (χ1n) is 8.80. The molecule has 0 aliphatic carbocycles. The molecule has 1 aliphatic heterocycles. The molecular formula is C21H21N3O2. The molecule has 2 aromatic carbocycles. The standard InChI is InChI=1S/C21H21N3O2/c1-26-18-7-9-19-15(12-18)4-8-20(24-19)21(25)23-17-5-2-14(3-6-17)16-10-11-22-13-16/h2-9,12,16,22H,10-11,13H2,1H3,(H,23,25)/t16-/m0/s1. The van der Waals surface area contributed by atoms with Gasteiger partial charge in [0, 0.05) is 17.6 Å². The van der Waals surface area contributed by atoms with E-state index in [0.717, 1.165) is 41.9 Å². The van der Waals surface area contributed by atoms with Crippen molar-refractivity contribution in [1.29, 1.82) is 0 Å². The zero-order valence-corrected chi connectivity index (χ0v) is 14.7. The number of methoxy groups -OCH3 is 1. The zero-order valence-electron chi connectivity index (χ0n) is 14.7. The second-order valence-corrected chi connectivity index (χ2v) is 6.52. The zero-order chi connectivity index (χ0) is 17.9. The molecule has 0 saturated carbocycles. The summed E-state index contributed by atoms with van der Waals surface area (Å²) in [6.07, 6.45) is 1.16. The van der Waals surface area contributed by atoms with Crippen LogP contribution in [0.5, 0.6) is 5.75 Å². The second-order valence-electron chi connectivity index (χ2n) is 6.52. The molecule has 1 fully saturated rings. The molecule has 0 unspecified atom stereocenters. The van der Waals surface area contributed by atoms with Crippen LogP contribution < -0.4 is 15.4 Å². The van der Waals surface area contributed by atoms with Gasteiger partial charge in [-0.1, -0.05) is 18.2 Å². The molecule has 2 heterocycles. The van der Waals surface area contributed by atoms with Crippen LogP contribution in [-0.4, -0.2) is 31.1 Å². The summed E-state index contributed by atoms with van der Waals surface area (Å²) in [5.74, 6) is 1.13. The summed E-state index contributed by atoms with van der Waals surface area (Å²) in [5, 5.41) is 7.24. The Labute approximate surface area is 152 Å². The number of fused-ring (bicyclic) bond motifs is 1. The van der Waals surface area contributed by atoms with Crippen molar-refractivity contribution in [2.75, 3.05) is 25.5 Å². The van der Waals surface area contributed by atoms with Gasteiger partial charge in [0.2, 0.25) is 0 Å². The number of aromatic nitrogens is 1. The summed E-state index contributed by atoms with van der Waals surface area (Å²) in [7, 11) is 1.63. The quantitative estimate of drug-likeness (QED) is 0.757. The fraction of sp³-hybridized carbons (Fsp3) is 0.238. The molecule has 0 bridgehead atoms. The fourth-order valence-electron chi connectivity index (χ4n) is 3.33. The number of carbonyl (C=O) groups is 1. The maximum absolute atomic E-state index is 12.5. The molecule has 5 heteroatoms. The highest BCUT2D eigenvalue weighted by molar-refractivity contribution is 6.04. The number of hydrogen-bond donors (Lipinski definition) is 2. The smallest absolute Gasteiger partial charge is 0.274 e. The lowest BCUT2D eigenvalue weighted by Gasteiger charge is -2.10. The molecule has 132 valence electrons. The number of benzene rings is 2. The Morgan fingerprint density at radius 3 is 2.73 bits per heavy atom. The van der Waals surface area contributed by atoms with Crippen LogP contribution in [0.1, 0.15) is 28.4 Å². The van der Waals surface area contributed by atoms with Gasteiger partial charge in [-0.15, -0.1) is 0 Å². The number of carbonyl (C=O) groups excluding carboxylic acids is 1. The molecule has 1 aromatic heterocycles. The predicted octanol–water partition coefficient (Wildman–Crippen LogP) is 3.57. The van der Waals surface area contributed by atoms with Crippen molar-refractivity contribution in [2.24, 2.45) is 0 Å². The number of anilines is 1. The number of rotatable bonds is 4. The lowest BCUT2D eigenvalue weighted by molar-refractivity contribution is 0.102. The van der Waals surface area contributed by atoms with Crippen molar-refractivity contribution in [3.63, 3.8) is 0 Å². The van der Waals surface area contributed by atoms with Crippen LogP contribution in [0.15, 0.2) is 54.6 Å². The third-order valence-corrected chi connectivity index (χ3v) is 4.83. The second kappa shape index (κ2) is 7.14. The highest BCUT2D eigenvalue weighted by Gasteiger charge is 2.16. The Bertz CT molecular complexity index is 932. The number of amides is 1. The molecule has 1 amide bonds. The van der Waals surface area contributed by atoms with Gasteiger partial charge in [-0.05, 0) is 60.8 Å². The van der Waals surface area contributed by atoms with Gasteiger partial charge in [0.15, 0.2) is 0 Å². The molecule has 1 atom stereocenters. The summed E-state index contributed by atoms with van der Waals surface area (Å²) in [5.41, 5.74) is 3.25. The van der Waals surface area contributed by atoms with Crippen LogP contribution in [-0.2, 0) is 0 Å². The van der Waals surface area contributed by atoms with E-state index in [1.807, 2.05) is 36.4 Å². The van der Waals surface area contributed by atoms with Gasteiger partial charge in [-0.25, -0.2) is 4.98 Å². The number of nitrogens with one attached hydrogen (secondary N) is 2. The van der Waals surface area contributed by atoms with E-state index in [1.165, 1.54) is 5.56 Å². The third kappa shape index (κ3) is 3.39. The van der Waals surface area contributed by atoms with Crippen molar-refractivity contribution in [3.05, 3.63) is 65.9 Å². The third-order valence-electron chi connectivity index (χ3n) is 4.83. The minimum absolute atomic E-state index is 0.210. The van der Waals surface area contributed by atoms with E-state index in [0.29, 0.717) is 11.6 Å². The molecule has 1 saturated heterocycles. The Kier molecular flexibility index (Phi) is 4.54. The molecule has 1 aliphatic rings. The lowest BCUT2D eigenvalue weighted by atomic mass is 9.98. The normalized spacial score (nSPS) is 16.6. The van der Waals surface area contributed by atoms with Gasteiger partial charge < -0.3 is 15.4 Å². The first-order valence-corrected chi connectivity index (χ1v) is 8.80. The monoisotopic (exact) mass is 347 g/mol. The summed E-state index contributed by atoms with van der Waals surface area (Å²) in [4.78, 5) is 17.0. The van der Waals surface area contributed by atoms with Crippen molar-refractivity contribution in [2.45, 2.75) is 12.3 Å². The van der Waals surface area contributed by atoms with E-state index in [4.69, 9.17) is 4.74 Å². The minimum Gasteiger partial charge on any atom is -0.497 e. The SMILES string of the molecule is COc1ccc2nc(C(=O)Nc3ccc([C@H]4CCNC4)cc3)ccc2c1. The Balaban J connectivity index is 1.49. The topological polar surface area (TPSA) is 63.2 Å². The highest BCUT2D eigenvalue weighted by Crippen LogP contribution is 2.24. The van der Waals surface area contributed by atoms with Crippen molar-refractivity contribution < 1.29 is 9.53 Å². The average Bonchev–Trinajstić information content (AvgIpc) is 3.22. The summed E-state index contributed by atoms with van der Waals surface area (Å²) >= 11 is 0.